The van der Waals surface area contributed by atoms with E-state index in [0.29, 0.717) is 11.5 Å². The fraction of sp³-hybridized carbons (Fsp3) is 0.189. The smallest absolute Gasteiger partial charge is 0.135 e. The number of nitrogens with zero attached hydrogens (tertiary/aromatic N) is 5. The molecule has 3 aliphatic heterocycles. The van der Waals surface area contributed by atoms with Crippen molar-refractivity contribution in [3.8, 4) is 39.6 Å². The summed E-state index contributed by atoms with van der Waals surface area (Å²) in [4.78, 5) is 12.1. The van der Waals surface area contributed by atoms with Gasteiger partial charge in [-0.3, -0.25) is 0 Å². The van der Waals surface area contributed by atoms with Crippen molar-refractivity contribution in [2.45, 2.75) is 90.9 Å². The summed E-state index contributed by atoms with van der Waals surface area (Å²) in [5.74, 6) is 2.05. The van der Waals surface area contributed by atoms with E-state index in [1.807, 2.05) is 18.3 Å². The van der Waals surface area contributed by atoms with E-state index in [2.05, 4.69) is 289 Å². The van der Waals surface area contributed by atoms with Crippen molar-refractivity contribution in [2.75, 3.05) is 14.7 Å². The van der Waals surface area contributed by atoms with Crippen LogP contribution in [0.25, 0.3) is 49.9 Å². The average Bonchev–Trinajstić information content (AvgIpc) is 4.26. The van der Waals surface area contributed by atoms with Crippen LogP contribution in [0, 0.1) is 18.8 Å². The van der Waals surface area contributed by atoms with E-state index < -0.39 is 0 Å². The number of pyridine rings is 1. The third kappa shape index (κ3) is 8.51. The van der Waals surface area contributed by atoms with Crippen LogP contribution in [0.1, 0.15) is 103 Å². The summed E-state index contributed by atoms with van der Waals surface area (Å²) < 4.78 is 9.05. The van der Waals surface area contributed by atoms with Gasteiger partial charge in [0.15, 0.2) is 0 Å². The Kier molecular flexibility index (Phi) is 12.2. The second kappa shape index (κ2) is 19.0. The molecule has 81 heavy (non-hydrogen) atoms. The minimum atomic E-state index is -0.358. The van der Waals surface area contributed by atoms with Crippen LogP contribution >= 0.6 is 0 Å². The molecule has 0 unspecified atom stereocenters. The first-order chi connectivity index (χ1) is 38.4. The molecule has 14 rings (SSSR count). The molecule has 0 aliphatic carbocycles. The molecule has 7 heteroatoms. The third-order valence-corrected chi connectivity index (χ3v) is 17.2. The van der Waals surface area contributed by atoms with Crippen molar-refractivity contribution in [3.63, 3.8) is 0 Å². The molecule has 0 radical (unpaired) electrons. The Morgan fingerprint density at radius 3 is 1.64 bits per heavy atom. The Morgan fingerprint density at radius 1 is 0.469 bits per heavy atom. The van der Waals surface area contributed by atoms with Crippen LogP contribution in [0.2, 0.25) is 0 Å². The maximum atomic E-state index is 6.81. The van der Waals surface area contributed by atoms with E-state index in [4.69, 9.17) is 9.72 Å². The monoisotopic (exact) mass is 1230 g/mol. The Hall–Kier alpha value is -8.18. The number of benzene rings is 9. The van der Waals surface area contributed by atoms with Gasteiger partial charge in [-0.2, -0.15) is 12.1 Å². The maximum absolute atomic E-state index is 6.81. The molecule has 5 heterocycles. The summed E-state index contributed by atoms with van der Waals surface area (Å²) in [5, 5.41) is 2.26. The molecule has 6 nitrogen and oxygen atoms in total. The van der Waals surface area contributed by atoms with Gasteiger partial charge in [-0.25, -0.2) is 4.98 Å². The Balaban J connectivity index is 0.00000618. The average molecular weight is 1230 g/mol. The van der Waals surface area contributed by atoms with Crippen molar-refractivity contribution in [3.05, 3.63) is 253 Å². The van der Waals surface area contributed by atoms with E-state index in [1.54, 1.807) is 0 Å². The molecule has 9 aromatic carbocycles. The maximum Gasteiger partial charge on any atom is 0.135 e. The molecule has 0 saturated heterocycles. The van der Waals surface area contributed by atoms with Crippen molar-refractivity contribution in [2.24, 2.45) is 0 Å². The van der Waals surface area contributed by atoms with Gasteiger partial charge in [-0.1, -0.05) is 172 Å². The van der Waals surface area contributed by atoms with Gasteiger partial charge in [-0.15, -0.1) is 48.1 Å². The molecular formula is C74H64N5OPt-3. The molecule has 0 atom stereocenters. The minimum Gasteiger partial charge on any atom is -0.509 e. The van der Waals surface area contributed by atoms with Crippen LogP contribution in [0.4, 0.5) is 39.8 Å². The van der Waals surface area contributed by atoms with Crippen LogP contribution in [0.3, 0.4) is 0 Å². The molecule has 0 bridgehead atoms. The number of para-hydroxylation sites is 2. The SMILES string of the molecule is CC(C)(C)c1ccnc(-n2c3[c-]c(Oc4[c-]c(N5[CH-]N(c6cc7c8c(c6)C(C)(C)c6cc(-c9ccccc9)ccc6N8c6ccc(-c8ccccc8)cc6C7(C)C)c6ccccc65)ccc4)ccc3c3cc(C(C)(C)C)ccc32)c1.[Pt]. The predicted molar refractivity (Wildman–Crippen MR) is 331 cm³/mol. The first kappa shape index (κ1) is 52.2. The quantitative estimate of drug-likeness (QED) is 0.149. The fourth-order valence-electron chi connectivity index (χ4n) is 12.7. The van der Waals surface area contributed by atoms with Gasteiger partial charge in [0.2, 0.25) is 0 Å². The van der Waals surface area contributed by atoms with Gasteiger partial charge in [0, 0.05) is 72.2 Å². The van der Waals surface area contributed by atoms with E-state index >= 15 is 0 Å². The Morgan fingerprint density at radius 2 is 1.04 bits per heavy atom. The van der Waals surface area contributed by atoms with Crippen molar-refractivity contribution < 1.29 is 25.8 Å². The zero-order chi connectivity index (χ0) is 55.0. The van der Waals surface area contributed by atoms with Crippen LogP contribution in [-0.4, -0.2) is 9.55 Å². The van der Waals surface area contributed by atoms with Gasteiger partial charge in [-0.05, 0) is 139 Å². The molecule has 0 N–H and O–H groups in total. The molecule has 404 valence electrons. The molecule has 11 aromatic rings. The molecule has 0 spiro atoms. The van der Waals surface area contributed by atoms with Gasteiger partial charge in [0.05, 0.1) is 17.1 Å². The topological polar surface area (TPSA) is 36.8 Å². The van der Waals surface area contributed by atoms with Crippen LogP contribution in [-0.2, 0) is 42.7 Å². The number of fused-ring (bicyclic) bond motifs is 8. The van der Waals surface area contributed by atoms with Crippen LogP contribution in [0.5, 0.6) is 11.5 Å². The molecule has 0 fully saturated rings. The summed E-state index contributed by atoms with van der Waals surface area (Å²) in [6.45, 7) is 25.4. The summed E-state index contributed by atoms with van der Waals surface area (Å²) in [6, 6.07) is 78.2. The number of hydrogen-bond donors (Lipinski definition) is 0. The number of anilines is 7. The first-order valence-electron chi connectivity index (χ1n) is 28.0. The minimum absolute atomic E-state index is 0. The van der Waals surface area contributed by atoms with Crippen LogP contribution in [0.15, 0.2) is 200 Å². The molecule has 0 amide bonds. The number of ether oxygens (including phenoxy) is 1. The summed E-state index contributed by atoms with van der Waals surface area (Å²) in [5.41, 5.74) is 21.5. The first-order valence-corrected chi connectivity index (χ1v) is 28.0. The standard InChI is InChI=1S/C74H64N5O.Pt/c1-71(2,3)51-30-35-63-58(40-51)57-32-31-56(45-68(57)78(63)69-41-52(36-37-75-69)72(4,5)6)80-55-25-19-24-53(42-55)76-46-77(67-27-18-17-26-66(67)76)54-43-61-70-62(44-54)74(9,10)60-39-50(48-22-15-12-16-23-48)29-34-65(60)79(70)64-33-28-49(38-59(64)73(61,7)8)47-20-13-11-14-21-47;/h11-41,43-44,46H,1-10H3;/q-3;. The third-order valence-electron chi connectivity index (χ3n) is 17.2. The zero-order valence-corrected chi connectivity index (χ0v) is 49.9. The predicted octanol–water partition coefficient (Wildman–Crippen LogP) is 19.7. The normalized spacial score (nSPS) is 14.8. The molecule has 2 aromatic heterocycles. The van der Waals surface area contributed by atoms with Gasteiger partial charge < -0.3 is 24.0 Å². The summed E-state index contributed by atoms with van der Waals surface area (Å²) >= 11 is 0. The molecule has 3 aliphatic rings. The van der Waals surface area contributed by atoms with E-state index in [0.717, 1.165) is 50.4 Å². The fourth-order valence-corrected chi connectivity index (χ4v) is 12.7. The Labute approximate surface area is 491 Å². The second-order valence-corrected chi connectivity index (χ2v) is 25.1. The molecule has 0 saturated carbocycles. The van der Waals surface area contributed by atoms with E-state index in [-0.39, 0.29) is 42.7 Å². The van der Waals surface area contributed by atoms with Gasteiger partial charge in [0.25, 0.3) is 0 Å². The largest absolute Gasteiger partial charge is 0.509 e. The number of aromatic nitrogens is 2. The molecular weight excluding hydrogens is 1170 g/mol. The van der Waals surface area contributed by atoms with Gasteiger partial charge >= 0.3 is 0 Å². The van der Waals surface area contributed by atoms with E-state index in [1.165, 1.54) is 72.7 Å². The number of hydrogen-bond acceptors (Lipinski definition) is 5. The zero-order valence-electron chi connectivity index (χ0n) is 47.6. The Bertz CT molecular complexity index is 4170. The summed E-state index contributed by atoms with van der Waals surface area (Å²) in [7, 11) is 0. The number of rotatable bonds is 7. The van der Waals surface area contributed by atoms with Crippen molar-refractivity contribution in [1.82, 2.24) is 9.55 Å². The van der Waals surface area contributed by atoms with Crippen molar-refractivity contribution in [1.29, 1.82) is 0 Å². The van der Waals surface area contributed by atoms with Crippen LogP contribution < -0.4 is 19.4 Å². The second-order valence-electron chi connectivity index (χ2n) is 25.1. The van der Waals surface area contributed by atoms with Gasteiger partial charge in [0.1, 0.15) is 5.82 Å². The van der Waals surface area contributed by atoms with E-state index in [9.17, 15) is 0 Å². The van der Waals surface area contributed by atoms with Crippen molar-refractivity contribution >= 4 is 61.6 Å². The summed E-state index contributed by atoms with van der Waals surface area (Å²) in [6.07, 6.45) is 1.92.